The Balaban J connectivity index is 2.18. The van der Waals surface area contributed by atoms with E-state index in [0.29, 0.717) is 22.4 Å². The third kappa shape index (κ3) is 2.82. The van der Waals surface area contributed by atoms with Crippen LogP contribution in [0.25, 0.3) is 11.5 Å². The minimum absolute atomic E-state index is 0.0375. The van der Waals surface area contributed by atoms with Gasteiger partial charge in [0.05, 0.1) is 17.0 Å². The number of nitrogens with zero attached hydrogens (tertiary/aromatic N) is 2. The maximum atomic E-state index is 10.4. The van der Waals surface area contributed by atoms with Crippen molar-refractivity contribution in [2.75, 3.05) is 0 Å². The van der Waals surface area contributed by atoms with E-state index in [1.807, 2.05) is 6.07 Å². The number of carboxylic acid groups (broad SMARTS) is 1. The number of hydrogen-bond donors (Lipinski definition) is 1. The van der Waals surface area contributed by atoms with Gasteiger partial charge in [0.15, 0.2) is 0 Å². The Morgan fingerprint density at radius 1 is 1.35 bits per heavy atom. The van der Waals surface area contributed by atoms with E-state index in [9.17, 15) is 4.79 Å². The smallest absolute Gasteiger partial charge is 0.303 e. The summed E-state index contributed by atoms with van der Waals surface area (Å²) in [5.41, 5.74) is 0.642. The molecular weight excluding hydrogens is 244 g/mol. The largest absolute Gasteiger partial charge is 0.481 e. The van der Waals surface area contributed by atoms with Crippen LogP contribution in [0.4, 0.5) is 0 Å². The fraction of sp³-hybridized carbons (Fsp3) is 0.182. The van der Waals surface area contributed by atoms with Gasteiger partial charge in [0.2, 0.25) is 11.8 Å². The van der Waals surface area contributed by atoms with E-state index in [-0.39, 0.29) is 12.8 Å². The zero-order valence-corrected chi connectivity index (χ0v) is 9.52. The summed E-state index contributed by atoms with van der Waals surface area (Å²) < 4.78 is 5.33. The lowest BCUT2D eigenvalue weighted by Gasteiger charge is -1.96. The first kappa shape index (κ1) is 11.6. The number of rotatable bonds is 4. The minimum Gasteiger partial charge on any atom is -0.481 e. The molecule has 0 fully saturated rings. The van der Waals surface area contributed by atoms with Gasteiger partial charge in [0, 0.05) is 6.42 Å². The predicted octanol–water partition coefficient (Wildman–Crippen LogP) is 2.41. The van der Waals surface area contributed by atoms with Gasteiger partial charge in [-0.3, -0.25) is 4.79 Å². The fourth-order valence-corrected chi connectivity index (χ4v) is 1.53. The predicted molar refractivity (Wildman–Crippen MR) is 60.7 cm³/mol. The molecule has 1 aromatic heterocycles. The van der Waals surface area contributed by atoms with Gasteiger partial charge in [0.25, 0.3) is 0 Å². The molecule has 0 amide bonds. The van der Waals surface area contributed by atoms with E-state index in [1.165, 1.54) is 0 Å². The normalized spacial score (nSPS) is 10.4. The van der Waals surface area contributed by atoms with Crippen LogP contribution in [0.3, 0.4) is 0 Å². The van der Waals surface area contributed by atoms with Gasteiger partial charge in [-0.25, -0.2) is 0 Å². The summed E-state index contributed by atoms with van der Waals surface area (Å²) in [7, 11) is 0. The zero-order chi connectivity index (χ0) is 12.3. The highest BCUT2D eigenvalue weighted by molar-refractivity contribution is 6.33. The summed E-state index contributed by atoms with van der Waals surface area (Å²) in [6.45, 7) is 0. The molecule has 0 atom stereocenters. The van der Waals surface area contributed by atoms with Gasteiger partial charge in [-0.15, -0.1) is 10.2 Å². The highest BCUT2D eigenvalue weighted by Gasteiger charge is 2.12. The van der Waals surface area contributed by atoms with Crippen molar-refractivity contribution in [2.45, 2.75) is 12.8 Å². The van der Waals surface area contributed by atoms with Gasteiger partial charge >= 0.3 is 5.97 Å². The molecule has 0 bridgehead atoms. The van der Waals surface area contributed by atoms with Crippen LogP contribution < -0.4 is 0 Å². The molecular formula is C11H9ClN2O3. The van der Waals surface area contributed by atoms with Gasteiger partial charge in [-0.05, 0) is 12.1 Å². The highest BCUT2D eigenvalue weighted by Crippen LogP contribution is 2.26. The van der Waals surface area contributed by atoms with Crippen LogP contribution in [-0.4, -0.2) is 21.3 Å². The van der Waals surface area contributed by atoms with Crippen LogP contribution in [0.15, 0.2) is 28.7 Å². The van der Waals surface area contributed by atoms with Crippen molar-refractivity contribution in [3.05, 3.63) is 35.2 Å². The van der Waals surface area contributed by atoms with Crippen LogP contribution in [0.5, 0.6) is 0 Å². The monoisotopic (exact) mass is 252 g/mol. The number of carboxylic acids is 1. The average Bonchev–Trinajstić information content (AvgIpc) is 2.75. The zero-order valence-electron chi connectivity index (χ0n) is 8.76. The molecule has 1 N–H and O–H groups in total. The van der Waals surface area contributed by atoms with E-state index in [2.05, 4.69) is 10.2 Å². The number of aromatic nitrogens is 2. The Labute approximate surface area is 102 Å². The van der Waals surface area contributed by atoms with Crippen molar-refractivity contribution in [1.82, 2.24) is 10.2 Å². The first-order valence-electron chi connectivity index (χ1n) is 4.96. The average molecular weight is 253 g/mol. The molecule has 6 heteroatoms. The molecule has 88 valence electrons. The number of hydrogen-bond acceptors (Lipinski definition) is 4. The molecule has 0 aliphatic carbocycles. The minimum atomic E-state index is -0.900. The SMILES string of the molecule is O=C(O)CCc1nnc(-c2ccccc2Cl)o1. The number of carbonyl (C=O) groups is 1. The number of benzene rings is 1. The lowest BCUT2D eigenvalue weighted by molar-refractivity contribution is -0.137. The maximum Gasteiger partial charge on any atom is 0.303 e. The molecule has 0 saturated heterocycles. The maximum absolute atomic E-state index is 10.4. The van der Waals surface area contributed by atoms with E-state index >= 15 is 0 Å². The second kappa shape index (κ2) is 4.97. The number of halogens is 1. The molecule has 0 unspecified atom stereocenters. The van der Waals surface area contributed by atoms with Crippen molar-refractivity contribution in [3.63, 3.8) is 0 Å². The topological polar surface area (TPSA) is 76.2 Å². The van der Waals surface area contributed by atoms with E-state index in [1.54, 1.807) is 18.2 Å². The summed E-state index contributed by atoms with van der Waals surface area (Å²) in [6.07, 6.45) is 0.178. The molecule has 17 heavy (non-hydrogen) atoms. The van der Waals surface area contributed by atoms with Gasteiger partial charge in [0.1, 0.15) is 0 Å². The summed E-state index contributed by atoms with van der Waals surface area (Å²) in [5.74, 6) is -0.305. The Hall–Kier alpha value is -1.88. The standard InChI is InChI=1S/C11H9ClN2O3/c12-8-4-2-1-3-7(8)11-14-13-9(17-11)5-6-10(15)16/h1-4H,5-6H2,(H,15,16). The Kier molecular flexibility index (Phi) is 3.39. The highest BCUT2D eigenvalue weighted by atomic mass is 35.5. The van der Waals surface area contributed by atoms with Gasteiger partial charge in [-0.1, -0.05) is 23.7 Å². The van der Waals surface area contributed by atoms with E-state index < -0.39 is 5.97 Å². The lowest BCUT2D eigenvalue weighted by atomic mass is 10.2. The molecule has 1 heterocycles. The van der Waals surface area contributed by atoms with Gasteiger partial charge in [-0.2, -0.15) is 0 Å². The van der Waals surface area contributed by atoms with E-state index in [0.717, 1.165) is 0 Å². The van der Waals surface area contributed by atoms with Crippen LogP contribution in [0.1, 0.15) is 12.3 Å². The number of aryl methyl sites for hydroxylation is 1. The second-order valence-electron chi connectivity index (χ2n) is 3.37. The van der Waals surface area contributed by atoms with Gasteiger partial charge < -0.3 is 9.52 Å². The molecule has 0 radical (unpaired) electrons. The van der Waals surface area contributed by atoms with Crippen molar-refractivity contribution >= 4 is 17.6 Å². The Morgan fingerprint density at radius 3 is 2.82 bits per heavy atom. The van der Waals surface area contributed by atoms with Crippen LogP contribution >= 0.6 is 11.6 Å². The third-order valence-corrected chi connectivity index (χ3v) is 2.45. The van der Waals surface area contributed by atoms with Crippen LogP contribution in [0.2, 0.25) is 5.02 Å². The van der Waals surface area contributed by atoms with E-state index in [4.69, 9.17) is 21.1 Å². The first-order chi connectivity index (χ1) is 8.16. The molecule has 2 rings (SSSR count). The first-order valence-corrected chi connectivity index (χ1v) is 5.33. The molecule has 0 saturated carbocycles. The molecule has 5 nitrogen and oxygen atoms in total. The number of aliphatic carboxylic acids is 1. The summed E-state index contributed by atoms with van der Waals surface area (Å²) >= 11 is 5.97. The Bertz CT molecular complexity index is 539. The summed E-state index contributed by atoms with van der Waals surface area (Å²) in [6, 6.07) is 7.09. The van der Waals surface area contributed by atoms with Crippen molar-refractivity contribution in [2.24, 2.45) is 0 Å². The molecule has 1 aromatic carbocycles. The lowest BCUT2D eigenvalue weighted by Crippen LogP contribution is -1.97. The summed E-state index contributed by atoms with van der Waals surface area (Å²) in [4.78, 5) is 10.4. The van der Waals surface area contributed by atoms with Crippen LogP contribution in [-0.2, 0) is 11.2 Å². The third-order valence-electron chi connectivity index (χ3n) is 2.12. The van der Waals surface area contributed by atoms with Crippen molar-refractivity contribution in [1.29, 1.82) is 0 Å². The van der Waals surface area contributed by atoms with Crippen molar-refractivity contribution in [3.8, 4) is 11.5 Å². The molecule has 0 aliphatic rings. The molecule has 0 spiro atoms. The summed E-state index contributed by atoms with van der Waals surface area (Å²) in [5, 5.41) is 16.6. The van der Waals surface area contributed by atoms with Crippen LogP contribution in [0, 0.1) is 0 Å². The Morgan fingerprint density at radius 2 is 2.12 bits per heavy atom. The van der Waals surface area contributed by atoms with Crippen molar-refractivity contribution < 1.29 is 14.3 Å². The second-order valence-corrected chi connectivity index (χ2v) is 3.78. The molecule has 2 aromatic rings. The quantitative estimate of drug-likeness (QED) is 0.904. The molecule has 0 aliphatic heterocycles. The fourth-order valence-electron chi connectivity index (χ4n) is 1.31.